The Balaban J connectivity index is 1.70. The van der Waals surface area contributed by atoms with E-state index in [1.807, 2.05) is 29.2 Å². The first-order valence-corrected chi connectivity index (χ1v) is 7.49. The van der Waals surface area contributed by atoms with Crippen molar-refractivity contribution in [2.75, 3.05) is 13.1 Å². The summed E-state index contributed by atoms with van der Waals surface area (Å²) >= 11 is 0. The maximum atomic E-state index is 5.98. The molecule has 0 saturated carbocycles. The highest BCUT2D eigenvalue weighted by molar-refractivity contribution is 5.94. The van der Waals surface area contributed by atoms with Crippen LogP contribution in [0.3, 0.4) is 0 Å². The molecule has 9 nitrogen and oxygen atoms in total. The van der Waals surface area contributed by atoms with Crippen LogP contribution in [0.15, 0.2) is 34.3 Å². The molecule has 0 atom stereocenters. The Morgan fingerprint density at radius 2 is 1.83 bits per heavy atom. The number of nitrogens with zero attached hydrogens (tertiary/aromatic N) is 6. The summed E-state index contributed by atoms with van der Waals surface area (Å²) in [4.78, 5) is 10.5. The van der Waals surface area contributed by atoms with Crippen LogP contribution in [0.1, 0.15) is 19.3 Å². The molecule has 3 rings (SSSR count). The van der Waals surface area contributed by atoms with Gasteiger partial charge in [0.15, 0.2) is 5.96 Å². The number of aromatic nitrogens is 4. The number of benzene rings is 1. The molecule has 0 radical (unpaired) electrons. The van der Waals surface area contributed by atoms with Gasteiger partial charge in [-0.25, -0.2) is 4.99 Å². The first-order valence-electron chi connectivity index (χ1n) is 7.49. The van der Waals surface area contributed by atoms with Crippen molar-refractivity contribution in [1.29, 1.82) is 0 Å². The summed E-state index contributed by atoms with van der Waals surface area (Å²) < 4.78 is 0. The molecule has 23 heavy (non-hydrogen) atoms. The normalized spacial score (nSPS) is 16.6. The molecule has 1 saturated heterocycles. The summed E-state index contributed by atoms with van der Waals surface area (Å²) in [6, 6.07) is 7.31. The zero-order valence-electron chi connectivity index (χ0n) is 12.7. The van der Waals surface area contributed by atoms with Crippen molar-refractivity contribution in [1.82, 2.24) is 25.5 Å². The van der Waals surface area contributed by atoms with Gasteiger partial charge in [-0.15, -0.1) is 10.2 Å². The number of likely N-dealkylation sites (tertiary alicyclic amines) is 1. The van der Waals surface area contributed by atoms with E-state index in [1.54, 1.807) is 0 Å². The van der Waals surface area contributed by atoms with Gasteiger partial charge in [0.2, 0.25) is 11.8 Å². The van der Waals surface area contributed by atoms with Crippen molar-refractivity contribution in [2.45, 2.75) is 19.3 Å². The molecule has 0 bridgehead atoms. The van der Waals surface area contributed by atoms with Crippen LogP contribution in [0.5, 0.6) is 0 Å². The summed E-state index contributed by atoms with van der Waals surface area (Å²) in [5, 5.41) is 13.8. The minimum atomic E-state index is 0.139. The third-order valence-electron chi connectivity index (χ3n) is 3.62. The van der Waals surface area contributed by atoms with Crippen molar-refractivity contribution in [2.24, 2.45) is 21.5 Å². The number of tetrazole rings is 1. The number of aromatic amines is 1. The Morgan fingerprint density at radius 1 is 1.09 bits per heavy atom. The molecule has 0 spiro atoms. The lowest BCUT2D eigenvalue weighted by Crippen LogP contribution is -2.41. The average molecular weight is 313 g/mol. The van der Waals surface area contributed by atoms with Crippen LogP contribution in [0.2, 0.25) is 0 Å². The Bertz CT molecular complexity index is 682. The zero-order valence-corrected chi connectivity index (χ0v) is 12.7. The molecule has 2 heterocycles. The molecule has 1 fully saturated rings. The monoisotopic (exact) mass is 313 g/mol. The second kappa shape index (κ2) is 6.86. The van der Waals surface area contributed by atoms with Gasteiger partial charge in [-0.2, -0.15) is 10.2 Å². The number of aliphatic imine (C=N–C) groups is 2. The van der Waals surface area contributed by atoms with Crippen LogP contribution in [0, 0.1) is 0 Å². The van der Waals surface area contributed by atoms with E-state index in [0.717, 1.165) is 31.5 Å². The molecule has 1 aliphatic rings. The molecule has 0 aliphatic carbocycles. The summed E-state index contributed by atoms with van der Waals surface area (Å²) in [6.45, 7) is 1.84. The van der Waals surface area contributed by atoms with Gasteiger partial charge >= 0.3 is 0 Å². The minimum Gasteiger partial charge on any atom is -0.369 e. The topological polar surface area (TPSA) is 134 Å². The Hall–Kier alpha value is -2.97. The lowest BCUT2D eigenvalue weighted by atomic mass is 10.1. The van der Waals surface area contributed by atoms with Crippen LogP contribution in [0.25, 0.3) is 11.4 Å². The predicted octanol–water partition coefficient (Wildman–Crippen LogP) is 0.613. The highest BCUT2D eigenvalue weighted by Crippen LogP contribution is 2.18. The highest BCUT2D eigenvalue weighted by atomic mass is 15.5. The van der Waals surface area contributed by atoms with Crippen molar-refractivity contribution < 1.29 is 0 Å². The second-order valence-corrected chi connectivity index (χ2v) is 5.27. The molecule has 5 N–H and O–H groups in total. The molecule has 2 aromatic rings. The van der Waals surface area contributed by atoms with Crippen molar-refractivity contribution in [3.8, 4) is 11.4 Å². The number of H-pyrrole nitrogens is 1. The number of hydrogen-bond donors (Lipinski definition) is 3. The third kappa shape index (κ3) is 3.82. The van der Waals surface area contributed by atoms with E-state index in [9.17, 15) is 0 Å². The van der Waals surface area contributed by atoms with Crippen LogP contribution in [-0.4, -0.2) is 50.5 Å². The molecule has 1 aromatic heterocycles. The smallest absolute Gasteiger partial charge is 0.223 e. The zero-order chi connectivity index (χ0) is 16.1. The van der Waals surface area contributed by atoms with E-state index in [2.05, 4.69) is 30.6 Å². The quantitative estimate of drug-likeness (QED) is 0.549. The number of nitrogens with one attached hydrogen (secondary N) is 1. The fourth-order valence-corrected chi connectivity index (χ4v) is 2.44. The highest BCUT2D eigenvalue weighted by Gasteiger charge is 2.12. The maximum Gasteiger partial charge on any atom is 0.223 e. The first kappa shape index (κ1) is 14.9. The first-order chi connectivity index (χ1) is 11.2. The lowest BCUT2D eigenvalue weighted by Gasteiger charge is -2.27. The number of hydrogen-bond acceptors (Lipinski definition) is 4. The van der Waals surface area contributed by atoms with Gasteiger partial charge in [-0.3, -0.25) is 0 Å². The molecule has 0 amide bonds. The fraction of sp³-hybridized carbons (Fsp3) is 0.357. The van der Waals surface area contributed by atoms with Gasteiger partial charge in [0.05, 0.1) is 5.69 Å². The predicted molar refractivity (Wildman–Crippen MR) is 87.9 cm³/mol. The summed E-state index contributed by atoms with van der Waals surface area (Å²) in [6.07, 6.45) is 3.50. The minimum absolute atomic E-state index is 0.139. The average Bonchev–Trinajstić information content (AvgIpc) is 3.11. The van der Waals surface area contributed by atoms with E-state index in [4.69, 9.17) is 11.5 Å². The molecular weight excluding hydrogens is 294 g/mol. The van der Waals surface area contributed by atoms with E-state index in [1.165, 1.54) is 6.42 Å². The Morgan fingerprint density at radius 3 is 2.48 bits per heavy atom. The van der Waals surface area contributed by atoms with E-state index >= 15 is 0 Å². The molecule has 1 aliphatic heterocycles. The Labute approximate surface area is 133 Å². The van der Waals surface area contributed by atoms with Gasteiger partial charge in [-0.05, 0) is 48.7 Å². The summed E-state index contributed by atoms with van der Waals surface area (Å²) in [7, 11) is 0. The number of nitrogens with two attached hydrogens (primary N) is 2. The number of guanidine groups is 2. The van der Waals surface area contributed by atoms with E-state index < -0.39 is 0 Å². The molecule has 1 aromatic carbocycles. The van der Waals surface area contributed by atoms with Crippen LogP contribution < -0.4 is 11.5 Å². The summed E-state index contributed by atoms with van der Waals surface area (Å²) in [5.74, 6) is 1.09. The van der Waals surface area contributed by atoms with Crippen molar-refractivity contribution >= 4 is 17.6 Å². The van der Waals surface area contributed by atoms with Crippen LogP contribution in [-0.2, 0) is 0 Å². The van der Waals surface area contributed by atoms with Crippen molar-refractivity contribution in [3.05, 3.63) is 24.3 Å². The van der Waals surface area contributed by atoms with Crippen molar-refractivity contribution in [3.63, 3.8) is 0 Å². The van der Waals surface area contributed by atoms with Gasteiger partial charge in [0.25, 0.3) is 0 Å². The van der Waals surface area contributed by atoms with Gasteiger partial charge in [-0.1, -0.05) is 0 Å². The SMILES string of the molecule is NC(=Nc1ccc(-c2nn[nH]n2)cc1)N=C(N)N1CCCCC1. The largest absolute Gasteiger partial charge is 0.369 e. The van der Waals surface area contributed by atoms with Gasteiger partial charge in [0.1, 0.15) is 0 Å². The fourth-order valence-electron chi connectivity index (χ4n) is 2.44. The maximum absolute atomic E-state index is 5.98. The van der Waals surface area contributed by atoms with E-state index in [0.29, 0.717) is 17.5 Å². The number of rotatable bonds is 2. The summed E-state index contributed by atoms with van der Waals surface area (Å²) in [5.41, 5.74) is 13.4. The Kier molecular flexibility index (Phi) is 4.46. The molecule has 0 unspecified atom stereocenters. The number of piperidine rings is 1. The molecule has 120 valence electrons. The third-order valence-corrected chi connectivity index (χ3v) is 3.62. The van der Waals surface area contributed by atoms with E-state index in [-0.39, 0.29) is 5.96 Å². The molecule has 9 heteroatoms. The second-order valence-electron chi connectivity index (χ2n) is 5.27. The lowest BCUT2D eigenvalue weighted by molar-refractivity contribution is 0.339. The van der Waals surface area contributed by atoms with Crippen LogP contribution in [0.4, 0.5) is 5.69 Å². The standard InChI is InChI=1S/C14H19N9/c15-13(18-14(16)23-8-2-1-3-9-23)17-11-6-4-10(5-7-11)12-19-21-22-20-12/h4-7H,1-3,8-9H2,(H4,15,16,17,18)(H,19,20,21,22). The molecular formula is C14H19N9. The van der Waals surface area contributed by atoms with Gasteiger partial charge < -0.3 is 16.4 Å². The van der Waals surface area contributed by atoms with Gasteiger partial charge in [0, 0.05) is 18.7 Å². The van der Waals surface area contributed by atoms with Crippen LogP contribution >= 0.6 is 0 Å².